The highest BCUT2D eigenvalue weighted by molar-refractivity contribution is 7.73. The third-order valence-electron chi connectivity index (χ3n) is 3.51. The fraction of sp³-hybridized carbons (Fsp3) is 0.111. The van der Waals surface area contributed by atoms with Crippen molar-refractivity contribution in [2.24, 2.45) is 4.99 Å². The second-order valence-electron chi connectivity index (χ2n) is 5.18. The molecule has 3 rings (SSSR count). The topological polar surface area (TPSA) is 46.8 Å². The average molecular weight is 356 g/mol. The van der Waals surface area contributed by atoms with E-state index in [-0.39, 0.29) is 5.88 Å². The summed E-state index contributed by atoms with van der Waals surface area (Å²) >= 11 is 6.70. The van der Waals surface area contributed by atoms with Gasteiger partial charge in [-0.05, 0) is 55.5 Å². The maximum Gasteiger partial charge on any atom is 0.216 e. The Morgan fingerprint density at radius 2 is 1.79 bits per heavy atom. The lowest BCUT2D eigenvalue weighted by atomic mass is 10.2. The van der Waals surface area contributed by atoms with Gasteiger partial charge in [0.05, 0.1) is 24.7 Å². The SMILES string of the molecule is COc1ccc(N=Cc2sc(=S)n(-c3ccc(C)cc3)c2O)cc1. The van der Waals surface area contributed by atoms with Gasteiger partial charge >= 0.3 is 0 Å². The number of aliphatic imine (C=N–C) groups is 1. The van der Waals surface area contributed by atoms with Crippen LogP contribution in [0.25, 0.3) is 5.69 Å². The normalized spacial score (nSPS) is 11.1. The number of hydrogen-bond donors (Lipinski definition) is 1. The summed E-state index contributed by atoms with van der Waals surface area (Å²) in [6.07, 6.45) is 1.63. The van der Waals surface area contributed by atoms with E-state index < -0.39 is 0 Å². The van der Waals surface area contributed by atoms with Crippen molar-refractivity contribution in [1.82, 2.24) is 4.57 Å². The molecule has 0 aliphatic heterocycles. The van der Waals surface area contributed by atoms with E-state index in [4.69, 9.17) is 17.0 Å². The molecule has 1 aromatic heterocycles. The monoisotopic (exact) mass is 356 g/mol. The van der Waals surface area contributed by atoms with Crippen LogP contribution in [0, 0.1) is 10.9 Å². The summed E-state index contributed by atoms with van der Waals surface area (Å²) in [4.78, 5) is 5.01. The summed E-state index contributed by atoms with van der Waals surface area (Å²) in [5, 5.41) is 10.5. The van der Waals surface area contributed by atoms with Gasteiger partial charge in [0.15, 0.2) is 3.95 Å². The van der Waals surface area contributed by atoms with Crippen LogP contribution >= 0.6 is 23.6 Å². The molecule has 24 heavy (non-hydrogen) atoms. The minimum absolute atomic E-state index is 0.103. The van der Waals surface area contributed by atoms with Crippen molar-refractivity contribution in [2.75, 3.05) is 7.11 Å². The Hall–Kier alpha value is -2.44. The molecule has 0 bridgehead atoms. The Kier molecular flexibility index (Phi) is 4.78. The summed E-state index contributed by atoms with van der Waals surface area (Å²) in [5.74, 6) is 0.879. The van der Waals surface area contributed by atoms with Crippen LogP contribution in [0.15, 0.2) is 53.5 Å². The Morgan fingerprint density at radius 3 is 2.42 bits per heavy atom. The van der Waals surface area contributed by atoms with Crippen LogP contribution in [0.2, 0.25) is 0 Å². The number of thiazole rings is 1. The Bertz CT molecular complexity index is 923. The lowest BCUT2D eigenvalue weighted by Crippen LogP contribution is -1.93. The molecule has 0 saturated heterocycles. The Balaban J connectivity index is 1.92. The van der Waals surface area contributed by atoms with Crippen molar-refractivity contribution >= 4 is 35.5 Å². The number of benzene rings is 2. The van der Waals surface area contributed by atoms with Gasteiger partial charge < -0.3 is 9.84 Å². The maximum atomic E-state index is 10.5. The molecular weight excluding hydrogens is 340 g/mol. The van der Waals surface area contributed by atoms with Gasteiger partial charge in [0.1, 0.15) is 10.6 Å². The van der Waals surface area contributed by atoms with Gasteiger partial charge in [-0.2, -0.15) is 0 Å². The molecule has 0 saturated carbocycles. The van der Waals surface area contributed by atoms with Crippen molar-refractivity contribution in [3.8, 4) is 17.3 Å². The number of aryl methyl sites for hydroxylation is 1. The van der Waals surface area contributed by atoms with Gasteiger partial charge in [0.2, 0.25) is 5.88 Å². The molecule has 0 aliphatic carbocycles. The standard InChI is InChI=1S/C18H16N2O2S2/c1-12-3-7-14(8-4-12)20-17(21)16(24-18(20)23)11-19-13-5-9-15(22-2)10-6-13/h3-11,21H,1-2H3. The van der Waals surface area contributed by atoms with Crippen LogP contribution in [0.3, 0.4) is 0 Å². The van der Waals surface area contributed by atoms with Crippen molar-refractivity contribution in [3.63, 3.8) is 0 Å². The van der Waals surface area contributed by atoms with Gasteiger partial charge in [-0.25, -0.2) is 0 Å². The van der Waals surface area contributed by atoms with E-state index in [1.54, 1.807) is 17.9 Å². The zero-order chi connectivity index (χ0) is 17.1. The molecule has 2 aromatic carbocycles. The van der Waals surface area contributed by atoms with E-state index in [1.807, 2.05) is 55.5 Å². The first-order valence-electron chi connectivity index (χ1n) is 7.28. The fourth-order valence-corrected chi connectivity index (χ4v) is 3.41. The minimum atomic E-state index is 0.103. The first-order chi connectivity index (χ1) is 11.6. The summed E-state index contributed by atoms with van der Waals surface area (Å²) in [7, 11) is 1.62. The highest BCUT2D eigenvalue weighted by Crippen LogP contribution is 2.29. The van der Waals surface area contributed by atoms with Crippen molar-refractivity contribution in [2.45, 2.75) is 6.92 Å². The maximum absolute atomic E-state index is 10.5. The van der Waals surface area contributed by atoms with Gasteiger partial charge in [-0.3, -0.25) is 9.56 Å². The molecule has 0 fully saturated rings. The summed E-state index contributed by atoms with van der Waals surface area (Å²) in [6.45, 7) is 2.02. The zero-order valence-electron chi connectivity index (χ0n) is 13.3. The number of aromatic nitrogens is 1. The summed E-state index contributed by atoms with van der Waals surface area (Å²) in [6, 6.07) is 15.2. The second-order valence-corrected chi connectivity index (χ2v) is 6.86. The van der Waals surface area contributed by atoms with Crippen molar-refractivity contribution in [3.05, 3.63) is 62.9 Å². The largest absolute Gasteiger partial charge is 0.497 e. The molecular formula is C18H16N2O2S2. The molecule has 3 aromatic rings. The molecule has 0 aliphatic rings. The van der Waals surface area contributed by atoms with Gasteiger partial charge in [0, 0.05) is 0 Å². The molecule has 0 radical (unpaired) electrons. The number of ether oxygens (including phenoxy) is 1. The van der Waals surface area contributed by atoms with E-state index in [2.05, 4.69) is 4.99 Å². The van der Waals surface area contributed by atoms with E-state index >= 15 is 0 Å². The third-order valence-corrected chi connectivity index (χ3v) is 4.81. The number of methoxy groups -OCH3 is 1. The van der Waals surface area contributed by atoms with Crippen LogP contribution in [-0.4, -0.2) is 23.0 Å². The molecule has 0 spiro atoms. The predicted molar refractivity (Wildman–Crippen MR) is 101 cm³/mol. The Morgan fingerprint density at radius 1 is 1.12 bits per heavy atom. The first kappa shape index (κ1) is 16.4. The highest BCUT2D eigenvalue weighted by atomic mass is 32.1. The molecule has 1 N–H and O–H groups in total. The molecule has 0 atom stereocenters. The van der Waals surface area contributed by atoms with E-state index in [1.165, 1.54) is 11.3 Å². The lowest BCUT2D eigenvalue weighted by Gasteiger charge is -2.04. The summed E-state index contributed by atoms with van der Waals surface area (Å²) < 4.78 is 7.34. The van der Waals surface area contributed by atoms with Gasteiger partial charge in [0.25, 0.3) is 0 Å². The number of hydrogen-bond acceptors (Lipinski definition) is 5. The highest BCUT2D eigenvalue weighted by Gasteiger charge is 2.11. The molecule has 4 nitrogen and oxygen atoms in total. The van der Waals surface area contributed by atoms with Crippen molar-refractivity contribution < 1.29 is 9.84 Å². The van der Waals surface area contributed by atoms with Crippen LogP contribution in [-0.2, 0) is 0 Å². The van der Waals surface area contributed by atoms with E-state index in [9.17, 15) is 5.11 Å². The van der Waals surface area contributed by atoms with Crippen molar-refractivity contribution in [1.29, 1.82) is 0 Å². The Labute approximate surface area is 149 Å². The number of aromatic hydroxyl groups is 1. The molecule has 0 unspecified atom stereocenters. The van der Waals surface area contributed by atoms with Crippen LogP contribution < -0.4 is 4.74 Å². The van der Waals surface area contributed by atoms with Crippen LogP contribution in [0.1, 0.15) is 10.4 Å². The third kappa shape index (κ3) is 3.39. The molecule has 0 amide bonds. The zero-order valence-corrected chi connectivity index (χ0v) is 14.9. The number of rotatable bonds is 4. The smallest absolute Gasteiger partial charge is 0.216 e. The first-order valence-corrected chi connectivity index (χ1v) is 8.51. The predicted octanol–water partition coefficient (Wildman–Crippen LogP) is 5.04. The van der Waals surface area contributed by atoms with Crippen LogP contribution in [0.4, 0.5) is 5.69 Å². The molecule has 6 heteroatoms. The van der Waals surface area contributed by atoms with E-state index in [0.717, 1.165) is 22.7 Å². The number of nitrogens with zero attached hydrogens (tertiary/aromatic N) is 2. The minimum Gasteiger partial charge on any atom is -0.497 e. The van der Waals surface area contributed by atoms with Gasteiger partial charge in [-0.15, -0.1) is 0 Å². The molecule has 1 heterocycles. The quantitative estimate of drug-likeness (QED) is 0.526. The lowest BCUT2D eigenvalue weighted by molar-refractivity contribution is 0.415. The van der Waals surface area contributed by atoms with Gasteiger partial charge in [-0.1, -0.05) is 29.0 Å². The summed E-state index contributed by atoms with van der Waals surface area (Å²) in [5.41, 5.74) is 2.76. The van der Waals surface area contributed by atoms with Crippen LogP contribution in [0.5, 0.6) is 11.6 Å². The van der Waals surface area contributed by atoms with E-state index in [0.29, 0.717) is 8.83 Å². The fourth-order valence-electron chi connectivity index (χ4n) is 2.19. The average Bonchev–Trinajstić information content (AvgIpc) is 2.88. The molecule has 122 valence electrons. The second kappa shape index (κ2) is 6.98.